The fraction of sp³-hybridized carbons (Fsp3) is 0.481. The van der Waals surface area contributed by atoms with Gasteiger partial charge in [0.15, 0.2) is 0 Å². The molecule has 0 radical (unpaired) electrons. The molecule has 9 nitrogen and oxygen atoms in total. The Labute approximate surface area is 211 Å². The van der Waals surface area contributed by atoms with Crippen LogP contribution in [0.3, 0.4) is 0 Å². The highest BCUT2D eigenvalue weighted by molar-refractivity contribution is 6.05. The summed E-state index contributed by atoms with van der Waals surface area (Å²) in [4.78, 5) is 32.5. The van der Waals surface area contributed by atoms with Gasteiger partial charge in [-0.1, -0.05) is 6.07 Å². The highest BCUT2D eigenvalue weighted by atomic mass is 16.5. The van der Waals surface area contributed by atoms with Crippen molar-refractivity contribution in [2.45, 2.75) is 13.3 Å². The minimum atomic E-state index is -0.445. The molecule has 1 N–H and O–H groups in total. The fourth-order valence-electron chi connectivity index (χ4n) is 5.07. The number of carbonyl (C=O) groups excluding carboxylic acids is 2. The molecule has 0 bridgehead atoms. The van der Waals surface area contributed by atoms with Gasteiger partial charge < -0.3 is 34.2 Å². The average molecular weight is 495 g/mol. The van der Waals surface area contributed by atoms with Gasteiger partial charge in [0.25, 0.3) is 0 Å². The number of anilines is 4. The maximum Gasteiger partial charge on any atom is 0.229 e. The second-order valence-corrected chi connectivity index (χ2v) is 9.47. The van der Waals surface area contributed by atoms with Gasteiger partial charge in [-0.05, 0) is 42.8 Å². The molecule has 0 unspecified atom stereocenters. The summed E-state index contributed by atoms with van der Waals surface area (Å²) in [6.45, 7) is 8.24. The number of morpholine rings is 2. The number of rotatable bonds is 6. The summed E-state index contributed by atoms with van der Waals surface area (Å²) < 4.78 is 16.5. The molecule has 1 atom stereocenters. The van der Waals surface area contributed by atoms with Crippen molar-refractivity contribution in [3.8, 4) is 5.75 Å². The largest absolute Gasteiger partial charge is 0.495 e. The number of benzene rings is 2. The summed E-state index contributed by atoms with van der Waals surface area (Å²) in [5, 5.41) is 3.14. The molecule has 0 spiro atoms. The first-order valence-corrected chi connectivity index (χ1v) is 12.6. The average Bonchev–Trinajstić information content (AvgIpc) is 3.31. The molecule has 36 heavy (non-hydrogen) atoms. The van der Waals surface area contributed by atoms with Gasteiger partial charge in [-0.3, -0.25) is 9.59 Å². The number of hydrogen-bond donors (Lipinski definition) is 1. The van der Waals surface area contributed by atoms with Crippen molar-refractivity contribution in [1.29, 1.82) is 0 Å². The van der Waals surface area contributed by atoms with E-state index in [-0.39, 0.29) is 18.2 Å². The van der Waals surface area contributed by atoms with E-state index in [0.717, 1.165) is 48.8 Å². The molecular weight excluding hydrogens is 460 g/mol. The van der Waals surface area contributed by atoms with Crippen LogP contribution in [0, 0.1) is 12.8 Å². The van der Waals surface area contributed by atoms with E-state index in [1.165, 1.54) is 0 Å². The smallest absolute Gasteiger partial charge is 0.229 e. The van der Waals surface area contributed by atoms with Crippen LogP contribution in [-0.2, 0) is 19.1 Å². The van der Waals surface area contributed by atoms with Crippen molar-refractivity contribution >= 4 is 34.6 Å². The number of nitrogens with zero attached hydrogens (tertiary/aromatic N) is 3. The predicted molar refractivity (Wildman–Crippen MR) is 139 cm³/mol. The molecule has 192 valence electrons. The summed E-state index contributed by atoms with van der Waals surface area (Å²) in [7, 11) is 1.59. The van der Waals surface area contributed by atoms with Crippen molar-refractivity contribution in [3.05, 3.63) is 42.0 Å². The lowest BCUT2D eigenvalue weighted by Crippen LogP contribution is -2.38. The van der Waals surface area contributed by atoms with Crippen LogP contribution in [-0.4, -0.2) is 78.1 Å². The van der Waals surface area contributed by atoms with Gasteiger partial charge in [-0.15, -0.1) is 0 Å². The number of ether oxygens (including phenoxy) is 3. The molecule has 9 heteroatoms. The van der Waals surface area contributed by atoms with Crippen molar-refractivity contribution in [3.63, 3.8) is 0 Å². The van der Waals surface area contributed by atoms with E-state index in [4.69, 9.17) is 14.2 Å². The van der Waals surface area contributed by atoms with Crippen molar-refractivity contribution < 1.29 is 23.8 Å². The first-order valence-electron chi connectivity index (χ1n) is 12.6. The highest BCUT2D eigenvalue weighted by Gasteiger charge is 2.36. The maximum atomic E-state index is 13.4. The number of carbonyl (C=O) groups is 2. The van der Waals surface area contributed by atoms with Crippen LogP contribution in [0.5, 0.6) is 5.75 Å². The number of amides is 2. The van der Waals surface area contributed by atoms with Crippen LogP contribution in [0.4, 0.5) is 22.7 Å². The molecule has 5 rings (SSSR count). The summed E-state index contributed by atoms with van der Waals surface area (Å²) in [6, 6.07) is 11.9. The normalized spacial score (nSPS) is 20.6. The van der Waals surface area contributed by atoms with E-state index < -0.39 is 5.92 Å². The summed E-state index contributed by atoms with van der Waals surface area (Å²) >= 11 is 0. The quantitative estimate of drug-likeness (QED) is 0.661. The molecule has 3 aliphatic heterocycles. The lowest BCUT2D eigenvalue weighted by atomic mass is 10.1. The SMILES string of the molecule is COc1ccc(C)cc1N1C[C@H](C(=O)Nc2ccc(N3CCOCC3)cc2N2CCOCC2)CC1=O. The molecule has 2 aromatic rings. The second kappa shape index (κ2) is 10.8. The molecule has 2 aromatic carbocycles. The minimum Gasteiger partial charge on any atom is -0.495 e. The van der Waals surface area contributed by atoms with Crippen LogP contribution >= 0.6 is 0 Å². The van der Waals surface area contributed by atoms with Crippen LogP contribution in [0.25, 0.3) is 0 Å². The van der Waals surface area contributed by atoms with E-state index in [1.54, 1.807) is 12.0 Å². The fourth-order valence-corrected chi connectivity index (χ4v) is 5.07. The number of aryl methyl sites for hydroxylation is 1. The topological polar surface area (TPSA) is 83.6 Å². The van der Waals surface area contributed by atoms with Crippen molar-refractivity contribution in [1.82, 2.24) is 0 Å². The van der Waals surface area contributed by atoms with E-state index >= 15 is 0 Å². The Morgan fingerprint density at radius 1 is 0.944 bits per heavy atom. The lowest BCUT2D eigenvalue weighted by molar-refractivity contribution is -0.122. The van der Waals surface area contributed by atoms with Gasteiger partial charge in [-0.25, -0.2) is 0 Å². The Bertz CT molecular complexity index is 1110. The summed E-state index contributed by atoms with van der Waals surface area (Å²) in [5.74, 6) is -0.0382. The zero-order valence-electron chi connectivity index (χ0n) is 21.0. The Kier molecular flexibility index (Phi) is 7.29. The van der Waals surface area contributed by atoms with Crippen LogP contribution in [0.15, 0.2) is 36.4 Å². The third kappa shape index (κ3) is 5.12. The predicted octanol–water partition coefficient (Wildman–Crippen LogP) is 2.67. The van der Waals surface area contributed by atoms with Crippen molar-refractivity contribution in [2.75, 3.05) is 86.3 Å². The zero-order chi connectivity index (χ0) is 25.1. The molecule has 0 aromatic heterocycles. The molecular formula is C27H34N4O5. The molecule has 0 saturated carbocycles. The summed E-state index contributed by atoms with van der Waals surface area (Å²) in [6.07, 6.45) is 0.168. The van der Waals surface area contributed by atoms with E-state index in [1.807, 2.05) is 31.2 Å². The molecule has 3 fully saturated rings. The first kappa shape index (κ1) is 24.4. The Hall–Kier alpha value is -3.30. The van der Waals surface area contributed by atoms with Crippen LogP contribution in [0.1, 0.15) is 12.0 Å². The number of methoxy groups -OCH3 is 1. The molecule has 3 saturated heterocycles. The Balaban J connectivity index is 1.35. The van der Waals surface area contributed by atoms with Crippen molar-refractivity contribution in [2.24, 2.45) is 5.92 Å². The molecule has 3 aliphatic rings. The minimum absolute atomic E-state index is 0.0740. The highest BCUT2D eigenvalue weighted by Crippen LogP contribution is 2.36. The third-order valence-electron chi connectivity index (χ3n) is 7.09. The van der Waals surface area contributed by atoms with Gasteiger partial charge in [-0.2, -0.15) is 0 Å². The van der Waals surface area contributed by atoms with Gasteiger partial charge in [0.1, 0.15) is 5.75 Å². The van der Waals surface area contributed by atoms with Gasteiger partial charge in [0.2, 0.25) is 11.8 Å². The maximum absolute atomic E-state index is 13.4. The van der Waals surface area contributed by atoms with E-state index in [2.05, 4.69) is 27.2 Å². The van der Waals surface area contributed by atoms with Gasteiger partial charge >= 0.3 is 0 Å². The number of nitrogens with one attached hydrogen (secondary N) is 1. The second-order valence-electron chi connectivity index (χ2n) is 9.47. The Morgan fingerprint density at radius 3 is 2.33 bits per heavy atom. The van der Waals surface area contributed by atoms with Gasteiger partial charge in [0.05, 0.1) is 56.5 Å². The summed E-state index contributed by atoms with van der Waals surface area (Å²) in [5.41, 5.74) is 4.60. The molecule has 3 heterocycles. The van der Waals surface area contributed by atoms with Crippen LogP contribution in [0.2, 0.25) is 0 Å². The zero-order valence-corrected chi connectivity index (χ0v) is 21.0. The third-order valence-corrected chi connectivity index (χ3v) is 7.09. The molecule has 0 aliphatic carbocycles. The Morgan fingerprint density at radius 2 is 1.64 bits per heavy atom. The van der Waals surface area contributed by atoms with Gasteiger partial charge in [0, 0.05) is 44.8 Å². The van der Waals surface area contributed by atoms with E-state index in [0.29, 0.717) is 44.4 Å². The number of hydrogen-bond acceptors (Lipinski definition) is 7. The van der Waals surface area contributed by atoms with Crippen LogP contribution < -0.4 is 24.8 Å². The first-order chi connectivity index (χ1) is 17.5. The molecule has 2 amide bonds. The lowest BCUT2D eigenvalue weighted by Gasteiger charge is -2.33. The van der Waals surface area contributed by atoms with E-state index in [9.17, 15) is 9.59 Å². The monoisotopic (exact) mass is 494 g/mol. The standard InChI is InChI=1S/C27H34N4O5/c1-19-3-6-25(34-2)24(15-19)31-18-20(16-26(31)32)27(33)28-22-5-4-21(29-7-11-35-12-8-29)17-23(22)30-9-13-36-14-10-30/h3-6,15,17,20H,7-14,16,18H2,1-2H3,(H,28,33)/t20-/m1/s1.